The molecule has 4 fully saturated rings. The highest BCUT2D eigenvalue weighted by Gasteiger charge is 2.53. The van der Waals surface area contributed by atoms with E-state index in [-0.39, 0.29) is 17.1 Å². The molecule has 6 heteroatoms. The Morgan fingerprint density at radius 2 is 1.91 bits per heavy atom. The molecule has 1 N–H and O–H groups in total. The van der Waals surface area contributed by atoms with Gasteiger partial charge in [0.25, 0.3) is 0 Å². The second-order valence-electron chi connectivity index (χ2n) is 7.26. The Balaban J connectivity index is 1.46. The van der Waals surface area contributed by atoms with Gasteiger partial charge >= 0.3 is 5.97 Å². The van der Waals surface area contributed by atoms with Gasteiger partial charge < -0.3 is 4.74 Å². The van der Waals surface area contributed by atoms with Crippen molar-refractivity contribution in [2.24, 2.45) is 17.8 Å². The van der Waals surface area contributed by atoms with Gasteiger partial charge in [0, 0.05) is 5.41 Å². The van der Waals surface area contributed by atoms with Gasteiger partial charge in [-0.3, -0.25) is 9.89 Å². The maximum absolute atomic E-state index is 11.4. The number of nitrogens with one attached hydrogen (secondary N) is 1. The molecule has 5 rings (SSSR count). The first kappa shape index (κ1) is 14.5. The molecule has 0 unspecified atom stereocenters. The van der Waals surface area contributed by atoms with Crippen molar-refractivity contribution in [1.29, 1.82) is 0 Å². The Bertz CT molecular complexity index is 536. The van der Waals surface area contributed by atoms with Crippen LogP contribution in [0.15, 0.2) is 5.16 Å². The lowest BCUT2D eigenvalue weighted by Crippen LogP contribution is -2.49. The van der Waals surface area contributed by atoms with E-state index in [1.807, 2.05) is 6.92 Å². The smallest absolute Gasteiger partial charge is 0.316 e. The summed E-state index contributed by atoms with van der Waals surface area (Å²) in [6, 6.07) is 0. The van der Waals surface area contributed by atoms with E-state index in [1.165, 1.54) is 50.3 Å². The van der Waals surface area contributed by atoms with Crippen molar-refractivity contribution in [3.63, 3.8) is 0 Å². The maximum Gasteiger partial charge on any atom is 0.316 e. The van der Waals surface area contributed by atoms with Crippen LogP contribution in [-0.4, -0.2) is 33.5 Å². The van der Waals surface area contributed by atoms with Crippen molar-refractivity contribution in [2.45, 2.75) is 56.0 Å². The molecule has 4 saturated carbocycles. The Kier molecular flexibility index (Phi) is 3.67. The predicted octanol–water partition coefficient (Wildman–Crippen LogP) is 2.93. The minimum atomic E-state index is -0.200. The van der Waals surface area contributed by atoms with Gasteiger partial charge in [-0.15, -0.1) is 5.10 Å². The molecule has 0 aromatic carbocycles. The lowest BCUT2D eigenvalue weighted by molar-refractivity contribution is -0.139. The third-order valence-electron chi connectivity index (χ3n) is 5.63. The fraction of sp³-hybridized carbons (Fsp3) is 0.812. The molecule has 0 spiro atoms. The second kappa shape index (κ2) is 5.55. The summed E-state index contributed by atoms with van der Waals surface area (Å²) in [5.74, 6) is 3.84. The normalized spacial score (nSPS) is 35.8. The van der Waals surface area contributed by atoms with E-state index in [4.69, 9.17) is 9.72 Å². The zero-order valence-electron chi connectivity index (χ0n) is 13.0. The first-order valence-electron chi connectivity index (χ1n) is 8.38. The van der Waals surface area contributed by atoms with Gasteiger partial charge in [0.2, 0.25) is 5.16 Å². The van der Waals surface area contributed by atoms with Gasteiger partial charge in [-0.1, -0.05) is 11.8 Å². The fourth-order valence-electron chi connectivity index (χ4n) is 5.27. The quantitative estimate of drug-likeness (QED) is 0.667. The topological polar surface area (TPSA) is 67.9 Å². The average Bonchev–Trinajstić information content (AvgIpc) is 2.94. The highest BCUT2D eigenvalue weighted by molar-refractivity contribution is 7.99. The third kappa shape index (κ3) is 2.55. The summed E-state index contributed by atoms with van der Waals surface area (Å²) in [6.07, 6.45) is 8.11. The minimum absolute atomic E-state index is 0.200. The molecule has 0 atom stereocenters. The van der Waals surface area contributed by atoms with E-state index in [2.05, 4.69) is 10.2 Å². The van der Waals surface area contributed by atoms with Crippen LogP contribution in [0.5, 0.6) is 0 Å². The second-order valence-corrected chi connectivity index (χ2v) is 8.20. The van der Waals surface area contributed by atoms with Crippen LogP contribution in [-0.2, 0) is 14.9 Å². The molecule has 5 nitrogen and oxygen atoms in total. The lowest BCUT2D eigenvalue weighted by atomic mass is 9.49. The SMILES string of the molecule is CCOC(=O)CSc1n[nH]c(C23CC4CC(CC(C4)C2)C3)n1. The first-order chi connectivity index (χ1) is 10.7. The van der Waals surface area contributed by atoms with E-state index >= 15 is 0 Å². The molecule has 4 bridgehead atoms. The average molecular weight is 321 g/mol. The van der Waals surface area contributed by atoms with Crippen LogP contribution in [0.2, 0.25) is 0 Å². The molecule has 0 saturated heterocycles. The largest absolute Gasteiger partial charge is 0.465 e. The lowest BCUT2D eigenvalue weighted by Gasteiger charge is -2.55. The van der Waals surface area contributed by atoms with Crippen LogP contribution >= 0.6 is 11.8 Å². The number of thioether (sulfide) groups is 1. The number of nitrogens with zero attached hydrogens (tertiary/aromatic N) is 2. The monoisotopic (exact) mass is 321 g/mol. The van der Waals surface area contributed by atoms with Crippen molar-refractivity contribution in [1.82, 2.24) is 15.2 Å². The van der Waals surface area contributed by atoms with Crippen LogP contribution in [0.1, 0.15) is 51.3 Å². The van der Waals surface area contributed by atoms with E-state index in [0.717, 1.165) is 23.6 Å². The van der Waals surface area contributed by atoms with Gasteiger partial charge in [0.15, 0.2) is 0 Å². The Labute approximate surface area is 135 Å². The summed E-state index contributed by atoms with van der Waals surface area (Å²) >= 11 is 1.37. The summed E-state index contributed by atoms with van der Waals surface area (Å²) in [6.45, 7) is 2.24. The number of rotatable bonds is 5. The van der Waals surface area contributed by atoms with Crippen LogP contribution in [0.4, 0.5) is 0 Å². The van der Waals surface area contributed by atoms with E-state index in [1.54, 1.807) is 0 Å². The summed E-state index contributed by atoms with van der Waals surface area (Å²) in [5.41, 5.74) is 0.241. The number of hydrogen-bond acceptors (Lipinski definition) is 5. The number of aromatic amines is 1. The predicted molar refractivity (Wildman–Crippen MR) is 83.6 cm³/mol. The summed E-state index contributed by atoms with van der Waals surface area (Å²) in [5, 5.41) is 8.19. The molecule has 1 aromatic rings. The molecule has 4 aliphatic carbocycles. The summed E-state index contributed by atoms with van der Waals surface area (Å²) < 4.78 is 4.95. The van der Waals surface area contributed by atoms with Crippen LogP contribution in [0, 0.1) is 17.8 Å². The number of carbonyl (C=O) groups is 1. The Morgan fingerprint density at radius 1 is 1.27 bits per heavy atom. The molecule has 22 heavy (non-hydrogen) atoms. The van der Waals surface area contributed by atoms with E-state index < -0.39 is 0 Å². The molecule has 0 radical (unpaired) electrons. The molecular weight excluding hydrogens is 298 g/mol. The minimum Gasteiger partial charge on any atom is -0.465 e. The van der Waals surface area contributed by atoms with Crippen molar-refractivity contribution < 1.29 is 9.53 Å². The zero-order chi connectivity index (χ0) is 15.2. The highest BCUT2D eigenvalue weighted by atomic mass is 32.2. The number of esters is 1. The number of H-pyrrole nitrogens is 1. The van der Waals surface area contributed by atoms with Crippen molar-refractivity contribution >= 4 is 17.7 Å². The van der Waals surface area contributed by atoms with Crippen LogP contribution < -0.4 is 0 Å². The summed E-state index contributed by atoms with van der Waals surface area (Å²) in [7, 11) is 0. The van der Waals surface area contributed by atoms with Gasteiger partial charge in [0.1, 0.15) is 5.82 Å². The van der Waals surface area contributed by atoms with Crippen molar-refractivity contribution in [3.8, 4) is 0 Å². The fourth-order valence-corrected chi connectivity index (χ4v) is 5.87. The maximum atomic E-state index is 11.4. The van der Waals surface area contributed by atoms with Crippen LogP contribution in [0.25, 0.3) is 0 Å². The Morgan fingerprint density at radius 3 is 2.50 bits per heavy atom. The molecule has 4 aliphatic rings. The number of carbonyl (C=O) groups excluding carboxylic acids is 1. The van der Waals surface area contributed by atoms with E-state index in [9.17, 15) is 4.79 Å². The standard InChI is InChI=1S/C16H23N3O2S/c1-2-21-13(20)9-22-15-17-14(18-19-15)16-6-10-3-11(7-16)5-12(4-10)8-16/h10-12H,2-9H2,1H3,(H,17,18,19). The van der Waals surface area contributed by atoms with Gasteiger partial charge in [-0.2, -0.15) is 0 Å². The van der Waals surface area contributed by atoms with Gasteiger partial charge in [-0.05, 0) is 63.2 Å². The van der Waals surface area contributed by atoms with Gasteiger partial charge in [0.05, 0.1) is 12.4 Å². The molecule has 120 valence electrons. The van der Waals surface area contributed by atoms with E-state index in [0.29, 0.717) is 11.8 Å². The Hall–Kier alpha value is -1.04. The summed E-state index contributed by atoms with van der Waals surface area (Å²) in [4.78, 5) is 16.2. The van der Waals surface area contributed by atoms with Crippen molar-refractivity contribution in [2.75, 3.05) is 12.4 Å². The first-order valence-corrected chi connectivity index (χ1v) is 9.37. The molecule has 1 heterocycles. The van der Waals surface area contributed by atoms with Gasteiger partial charge in [-0.25, -0.2) is 4.98 Å². The third-order valence-corrected chi connectivity index (χ3v) is 6.45. The molecule has 0 aliphatic heterocycles. The number of ether oxygens (including phenoxy) is 1. The number of aromatic nitrogens is 3. The molecular formula is C16H23N3O2S. The number of hydrogen-bond donors (Lipinski definition) is 1. The zero-order valence-corrected chi connectivity index (χ0v) is 13.8. The molecule has 1 aromatic heterocycles. The molecule has 0 amide bonds. The van der Waals surface area contributed by atoms with Crippen molar-refractivity contribution in [3.05, 3.63) is 5.82 Å². The van der Waals surface area contributed by atoms with Crippen LogP contribution in [0.3, 0.4) is 0 Å². The highest BCUT2D eigenvalue weighted by Crippen LogP contribution is 2.60.